The van der Waals surface area contributed by atoms with Crippen LogP contribution in [-0.2, 0) is 6.54 Å². The predicted molar refractivity (Wildman–Crippen MR) is 47.9 cm³/mol. The van der Waals surface area contributed by atoms with Crippen LogP contribution in [0.15, 0.2) is 12.4 Å². The fraction of sp³-hybridized carbons (Fsp3) is 0.571. The molecule has 0 aromatic carbocycles. The lowest BCUT2D eigenvalue weighted by Crippen LogP contribution is -2.06. The van der Waals surface area contributed by atoms with Crippen LogP contribution in [0.5, 0.6) is 0 Å². The Morgan fingerprint density at radius 2 is 2.36 bits per heavy atom. The summed E-state index contributed by atoms with van der Waals surface area (Å²) in [5, 5.41) is 0. The van der Waals surface area contributed by atoms with Crippen molar-refractivity contribution in [3.63, 3.8) is 0 Å². The normalized spacial score (nSPS) is 9.27. The van der Waals surface area contributed by atoms with Crippen molar-refractivity contribution in [1.82, 2.24) is 9.55 Å². The largest absolute Gasteiger partial charge is 0.335 e. The Morgan fingerprint density at radius 3 is 2.82 bits per heavy atom. The molecule has 0 atom stereocenters. The van der Waals surface area contributed by atoms with Gasteiger partial charge in [0.1, 0.15) is 5.82 Å². The van der Waals surface area contributed by atoms with E-state index < -0.39 is 0 Å². The maximum Gasteiger partial charge on any atom is 0.105 e. The molecule has 0 amide bonds. The summed E-state index contributed by atoms with van der Waals surface area (Å²) in [6.07, 6.45) is 4.81. The molecule has 0 saturated carbocycles. The second-order valence-corrected chi connectivity index (χ2v) is 2.31. The SMILES string of the molecule is Cc1nccn1CCCN.Cl. The van der Waals surface area contributed by atoms with Gasteiger partial charge in [-0.15, -0.1) is 12.4 Å². The molecule has 4 heteroatoms. The maximum absolute atomic E-state index is 5.36. The Bertz CT molecular complexity index is 197. The summed E-state index contributed by atoms with van der Waals surface area (Å²) in [6, 6.07) is 0. The lowest BCUT2D eigenvalue weighted by Gasteiger charge is -2.01. The zero-order chi connectivity index (χ0) is 7.40. The highest BCUT2D eigenvalue weighted by Gasteiger charge is 1.93. The highest BCUT2D eigenvalue weighted by Crippen LogP contribution is 1.95. The van der Waals surface area contributed by atoms with Gasteiger partial charge in [0.15, 0.2) is 0 Å². The van der Waals surface area contributed by atoms with Crippen LogP contribution in [0.1, 0.15) is 12.2 Å². The minimum absolute atomic E-state index is 0. The molecular formula is C7H14ClN3. The molecule has 3 nitrogen and oxygen atoms in total. The Morgan fingerprint density at radius 1 is 1.64 bits per heavy atom. The Balaban J connectivity index is 0.000001000. The number of aryl methyl sites for hydroxylation is 2. The fourth-order valence-electron chi connectivity index (χ4n) is 0.902. The summed E-state index contributed by atoms with van der Waals surface area (Å²) < 4.78 is 2.10. The predicted octanol–water partition coefficient (Wildman–Crippen LogP) is 0.962. The molecule has 1 aromatic heterocycles. The van der Waals surface area contributed by atoms with E-state index in [1.165, 1.54) is 0 Å². The van der Waals surface area contributed by atoms with Crippen molar-refractivity contribution in [2.24, 2.45) is 5.73 Å². The zero-order valence-electron chi connectivity index (χ0n) is 6.66. The minimum Gasteiger partial charge on any atom is -0.335 e. The quantitative estimate of drug-likeness (QED) is 0.744. The van der Waals surface area contributed by atoms with Crippen molar-refractivity contribution < 1.29 is 0 Å². The smallest absolute Gasteiger partial charge is 0.105 e. The van der Waals surface area contributed by atoms with Crippen LogP contribution in [0.25, 0.3) is 0 Å². The molecule has 0 aliphatic rings. The van der Waals surface area contributed by atoms with E-state index in [0.717, 1.165) is 25.3 Å². The first-order chi connectivity index (χ1) is 4.84. The van der Waals surface area contributed by atoms with Crippen molar-refractivity contribution in [3.8, 4) is 0 Å². The van der Waals surface area contributed by atoms with Crippen LogP contribution >= 0.6 is 12.4 Å². The van der Waals surface area contributed by atoms with E-state index in [0.29, 0.717) is 0 Å². The Kier molecular flexibility index (Phi) is 4.90. The van der Waals surface area contributed by atoms with Gasteiger partial charge in [0.05, 0.1) is 0 Å². The standard InChI is InChI=1S/C7H13N3.ClH/c1-7-9-4-6-10(7)5-2-3-8;/h4,6H,2-3,5,8H2,1H3;1H. The molecule has 64 valence electrons. The second-order valence-electron chi connectivity index (χ2n) is 2.31. The molecule has 0 fully saturated rings. The molecule has 11 heavy (non-hydrogen) atoms. The van der Waals surface area contributed by atoms with Gasteiger partial charge in [-0.2, -0.15) is 0 Å². The summed E-state index contributed by atoms with van der Waals surface area (Å²) in [7, 11) is 0. The van der Waals surface area contributed by atoms with Gasteiger partial charge in [0, 0.05) is 18.9 Å². The molecule has 1 rings (SSSR count). The molecule has 0 aliphatic heterocycles. The third-order valence-corrected chi connectivity index (χ3v) is 1.53. The van der Waals surface area contributed by atoms with Gasteiger partial charge in [-0.3, -0.25) is 0 Å². The first kappa shape index (κ1) is 10.5. The summed E-state index contributed by atoms with van der Waals surface area (Å²) in [5.41, 5.74) is 5.36. The Hall–Kier alpha value is -0.540. The van der Waals surface area contributed by atoms with Crippen LogP contribution in [-0.4, -0.2) is 16.1 Å². The molecular weight excluding hydrogens is 162 g/mol. The molecule has 1 heterocycles. The number of nitrogens with two attached hydrogens (primary N) is 1. The maximum atomic E-state index is 5.36. The molecule has 0 aliphatic carbocycles. The van der Waals surface area contributed by atoms with E-state index in [-0.39, 0.29) is 12.4 Å². The van der Waals surface area contributed by atoms with Crippen LogP contribution in [0.2, 0.25) is 0 Å². The summed E-state index contributed by atoms with van der Waals surface area (Å²) >= 11 is 0. The Labute approximate surface area is 73.0 Å². The van der Waals surface area contributed by atoms with Crippen LogP contribution < -0.4 is 5.73 Å². The van der Waals surface area contributed by atoms with Crippen LogP contribution in [0.3, 0.4) is 0 Å². The molecule has 1 aromatic rings. The lowest BCUT2D eigenvalue weighted by molar-refractivity contribution is 0.633. The molecule has 0 spiro atoms. The summed E-state index contributed by atoms with van der Waals surface area (Å²) in [4.78, 5) is 4.09. The first-order valence-corrected chi connectivity index (χ1v) is 3.52. The molecule has 0 bridgehead atoms. The topological polar surface area (TPSA) is 43.8 Å². The lowest BCUT2D eigenvalue weighted by atomic mass is 10.4. The van der Waals surface area contributed by atoms with Gasteiger partial charge in [0.25, 0.3) is 0 Å². The van der Waals surface area contributed by atoms with Crippen LogP contribution in [0, 0.1) is 6.92 Å². The average Bonchev–Trinajstić information content (AvgIpc) is 2.31. The van der Waals surface area contributed by atoms with Gasteiger partial charge >= 0.3 is 0 Å². The van der Waals surface area contributed by atoms with Gasteiger partial charge < -0.3 is 10.3 Å². The van der Waals surface area contributed by atoms with E-state index >= 15 is 0 Å². The second kappa shape index (κ2) is 5.16. The fourth-order valence-corrected chi connectivity index (χ4v) is 0.902. The number of aromatic nitrogens is 2. The number of rotatable bonds is 3. The van der Waals surface area contributed by atoms with Gasteiger partial charge in [0.2, 0.25) is 0 Å². The minimum atomic E-state index is 0. The van der Waals surface area contributed by atoms with Crippen molar-refractivity contribution in [3.05, 3.63) is 18.2 Å². The highest BCUT2D eigenvalue weighted by atomic mass is 35.5. The van der Waals surface area contributed by atoms with Crippen molar-refractivity contribution >= 4 is 12.4 Å². The monoisotopic (exact) mass is 175 g/mol. The molecule has 0 unspecified atom stereocenters. The van der Waals surface area contributed by atoms with E-state index in [1.807, 2.05) is 19.3 Å². The van der Waals surface area contributed by atoms with E-state index in [9.17, 15) is 0 Å². The molecule has 2 N–H and O–H groups in total. The average molecular weight is 176 g/mol. The first-order valence-electron chi connectivity index (χ1n) is 3.52. The van der Waals surface area contributed by atoms with E-state index in [2.05, 4.69) is 9.55 Å². The van der Waals surface area contributed by atoms with Crippen LogP contribution in [0.4, 0.5) is 0 Å². The van der Waals surface area contributed by atoms with Gasteiger partial charge in [-0.05, 0) is 19.9 Å². The van der Waals surface area contributed by atoms with E-state index in [1.54, 1.807) is 0 Å². The van der Waals surface area contributed by atoms with Crippen molar-refractivity contribution in [1.29, 1.82) is 0 Å². The summed E-state index contributed by atoms with van der Waals surface area (Å²) in [5.74, 6) is 1.06. The third-order valence-electron chi connectivity index (χ3n) is 1.53. The number of hydrogen-bond donors (Lipinski definition) is 1. The van der Waals surface area contributed by atoms with Crippen molar-refractivity contribution in [2.45, 2.75) is 19.9 Å². The third kappa shape index (κ3) is 2.91. The number of halogens is 1. The molecule has 0 radical (unpaired) electrons. The van der Waals surface area contributed by atoms with E-state index in [4.69, 9.17) is 5.73 Å². The summed E-state index contributed by atoms with van der Waals surface area (Å²) in [6.45, 7) is 3.73. The highest BCUT2D eigenvalue weighted by molar-refractivity contribution is 5.85. The van der Waals surface area contributed by atoms with Crippen molar-refractivity contribution in [2.75, 3.05) is 6.54 Å². The number of imidazole rings is 1. The number of hydrogen-bond acceptors (Lipinski definition) is 2. The zero-order valence-corrected chi connectivity index (χ0v) is 7.47. The van der Waals surface area contributed by atoms with Gasteiger partial charge in [-0.25, -0.2) is 4.98 Å². The van der Waals surface area contributed by atoms with Gasteiger partial charge in [-0.1, -0.05) is 0 Å². The molecule has 0 saturated heterocycles. The number of nitrogens with zero attached hydrogens (tertiary/aromatic N) is 2.